The van der Waals surface area contributed by atoms with Crippen molar-refractivity contribution >= 4 is 33.6 Å². The molecule has 1 aromatic heterocycles. The quantitative estimate of drug-likeness (QED) is 0.465. The first-order chi connectivity index (χ1) is 14.3. The summed E-state index contributed by atoms with van der Waals surface area (Å²) in [5.74, 6) is -0.351. The molecule has 0 aliphatic heterocycles. The number of urea groups is 1. The van der Waals surface area contributed by atoms with E-state index in [0.29, 0.717) is 0 Å². The van der Waals surface area contributed by atoms with E-state index in [9.17, 15) is 18.0 Å². The number of benzene rings is 2. The molecule has 0 radical (unpaired) electrons. The number of rotatable bonds is 6. The summed E-state index contributed by atoms with van der Waals surface area (Å²) < 4.78 is 26.7. The van der Waals surface area contributed by atoms with Gasteiger partial charge in [-0.3, -0.25) is 9.78 Å². The zero-order chi connectivity index (χ0) is 21.6. The summed E-state index contributed by atoms with van der Waals surface area (Å²) in [7, 11) is -4.04. The molecule has 0 atom stereocenters. The molecule has 1 heterocycles. The normalized spacial score (nSPS) is 11.2. The summed E-state index contributed by atoms with van der Waals surface area (Å²) in [5.41, 5.74) is 2.05. The van der Waals surface area contributed by atoms with Crippen molar-refractivity contribution in [3.05, 3.63) is 95.8 Å². The molecule has 30 heavy (non-hydrogen) atoms. The number of hydrogen-bond acceptors (Lipinski definition) is 5. The lowest BCUT2D eigenvalue weighted by atomic mass is 10.1. The van der Waals surface area contributed by atoms with Crippen molar-refractivity contribution in [1.82, 2.24) is 9.71 Å². The number of para-hydroxylation sites is 1. The molecular formula is C22H19N3O4S. The third kappa shape index (κ3) is 5.39. The molecular weight excluding hydrogens is 402 g/mol. The van der Waals surface area contributed by atoms with Gasteiger partial charge in [-0.2, -0.15) is 0 Å². The van der Waals surface area contributed by atoms with Crippen LogP contribution < -0.4 is 10.0 Å². The SMILES string of the molecule is Cc1ccc(S(=O)(=O)NC(=O)Nc2ccccc2C(=O)/C=C/c2cccnc2)cc1. The Morgan fingerprint density at radius 2 is 1.70 bits per heavy atom. The Hall–Kier alpha value is -3.78. The minimum atomic E-state index is -4.04. The lowest BCUT2D eigenvalue weighted by Gasteiger charge is -2.11. The second kappa shape index (κ2) is 9.15. The lowest BCUT2D eigenvalue weighted by molar-refractivity contribution is 0.104. The zero-order valence-corrected chi connectivity index (χ0v) is 16.9. The molecule has 0 unspecified atom stereocenters. The highest BCUT2D eigenvalue weighted by atomic mass is 32.2. The second-order valence-corrected chi connectivity index (χ2v) is 8.08. The number of allylic oxidation sites excluding steroid dienone is 1. The molecule has 152 valence electrons. The number of pyridine rings is 1. The van der Waals surface area contributed by atoms with Crippen molar-refractivity contribution in [1.29, 1.82) is 0 Å². The molecule has 3 rings (SSSR count). The van der Waals surface area contributed by atoms with Crippen LogP contribution in [0.1, 0.15) is 21.5 Å². The number of aryl methyl sites for hydroxylation is 1. The highest BCUT2D eigenvalue weighted by Crippen LogP contribution is 2.17. The fourth-order valence-electron chi connectivity index (χ4n) is 2.59. The van der Waals surface area contributed by atoms with Crippen LogP contribution in [0, 0.1) is 6.92 Å². The number of amides is 2. The molecule has 0 aliphatic rings. The van der Waals surface area contributed by atoms with E-state index in [1.54, 1.807) is 60.9 Å². The van der Waals surface area contributed by atoms with E-state index < -0.39 is 16.1 Å². The fraction of sp³-hybridized carbons (Fsp3) is 0.0455. The number of hydrogen-bond donors (Lipinski definition) is 2. The van der Waals surface area contributed by atoms with Crippen molar-refractivity contribution in [3.63, 3.8) is 0 Å². The first-order valence-corrected chi connectivity index (χ1v) is 10.5. The number of nitrogens with one attached hydrogen (secondary N) is 2. The molecule has 0 saturated heterocycles. The van der Waals surface area contributed by atoms with Gasteiger partial charge in [-0.05, 0) is 55.0 Å². The summed E-state index contributed by atoms with van der Waals surface area (Å²) >= 11 is 0. The Kier molecular flexibility index (Phi) is 6.38. The molecule has 0 spiro atoms. The predicted molar refractivity (Wildman–Crippen MR) is 115 cm³/mol. The fourth-order valence-corrected chi connectivity index (χ4v) is 3.50. The number of carbonyl (C=O) groups excluding carboxylic acids is 2. The zero-order valence-electron chi connectivity index (χ0n) is 16.1. The summed E-state index contributed by atoms with van der Waals surface area (Å²) in [6.07, 6.45) is 6.20. The minimum absolute atomic E-state index is 0.0352. The Morgan fingerprint density at radius 3 is 2.40 bits per heavy atom. The monoisotopic (exact) mass is 421 g/mol. The van der Waals surface area contributed by atoms with E-state index in [2.05, 4.69) is 10.3 Å². The van der Waals surface area contributed by atoms with Gasteiger partial charge in [0, 0.05) is 18.0 Å². The molecule has 2 N–H and O–H groups in total. The maximum Gasteiger partial charge on any atom is 0.333 e. The van der Waals surface area contributed by atoms with Gasteiger partial charge in [-0.1, -0.05) is 35.9 Å². The average molecular weight is 421 g/mol. The molecule has 8 heteroatoms. The van der Waals surface area contributed by atoms with Crippen LogP contribution in [0.15, 0.2) is 84.0 Å². The molecule has 0 fully saturated rings. The van der Waals surface area contributed by atoms with Gasteiger partial charge in [0.2, 0.25) is 0 Å². The summed E-state index contributed by atoms with van der Waals surface area (Å²) in [5, 5.41) is 2.43. The van der Waals surface area contributed by atoms with Crippen LogP contribution in [0.5, 0.6) is 0 Å². The smallest absolute Gasteiger partial charge is 0.306 e. The third-order valence-electron chi connectivity index (χ3n) is 4.11. The number of nitrogens with zero attached hydrogens (tertiary/aromatic N) is 1. The van der Waals surface area contributed by atoms with Gasteiger partial charge < -0.3 is 5.32 Å². The molecule has 0 aliphatic carbocycles. The van der Waals surface area contributed by atoms with Crippen LogP contribution in [0.3, 0.4) is 0 Å². The van der Waals surface area contributed by atoms with Crippen LogP contribution in [0.2, 0.25) is 0 Å². The first kappa shape index (κ1) is 20.9. The highest BCUT2D eigenvalue weighted by molar-refractivity contribution is 7.90. The predicted octanol–water partition coefficient (Wildman–Crippen LogP) is 3.80. The summed E-state index contributed by atoms with van der Waals surface area (Å²) in [6.45, 7) is 1.83. The van der Waals surface area contributed by atoms with Gasteiger partial charge in [0.05, 0.1) is 10.6 Å². The van der Waals surface area contributed by atoms with Crippen molar-refractivity contribution in [3.8, 4) is 0 Å². The van der Waals surface area contributed by atoms with Crippen LogP contribution in [-0.4, -0.2) is 25.2 Å². The van der Waals surface area contributed by atoms with Crippen molar-refractivity contribution < 1.29 is 18.0 Å². The van der Waals surface area contributed by atoms with E-state index >= 15 is 0 Å². The maximum absolute atomic E-state index is 12.6. The molecule has 2 aromatic carbocycles. The third-order valence-corrected chi connectivity index (χ3v) is 5.46. The second-order valence-electron chi connectivity index (χ2n) is 6.40. The topological polar surface area (TPSA) is 105 Å². The summed E-state index contributed by atoms with van der Waals surface area (Å²) in [6, 6.07) is 15.0. The van der Waals surface area contributed by atoms with Crippen molar-refractivity contribution in [2.24, 2.45) is 0 Å². The molecule has 3 aromatic rings. The molecule has 7 nitrogen and oxygen atoms in total. The number of ketones is 1. The highest BCUT2D eigenvalue weighted by Gasteiger charge is 2.19. The van der Waals surface area contributed by atoms with Gasteiger partial charge in [-0.15, -0.1) is 0 Å². The van der Waals surface area contributed by atoms with Gasteiger partial charge in [0.15, 0.2) is 5.78 Å². The van der Waals surface area contributed by atoms with E-state index in [1.165, 1.54) is 24.3 Å². The average Bonchev–Trinajstić information content (AvgIpc) is 2.73. The van der Waals surface area contributed by atoms with Gasteiger partial charge >= 0.3 is 6.03 Å². The maximum atomic E-state index is 12.6. The van der Waals surface area contributed by atoms with Gasteiger partial charge in [-0.25, -0.2) is 17.9 Å². The van der Waals surface area contributed by atoms with Crippen LogP contribution in [0.4, 0.5) is 10.5 Å². The van der Waals surface area contributed by atoms with Crippen LogP contribution in [0.25, 0.3) is 6.08 Å². The summed E-state index contributed by atoms with van der Waals surface area (Å²) in [4.78, 5) is 28.8. The Balaban J connectivity index is 1.74. The Labute approximate surface area is 174 Å². The van der Waals surface area contributed by atoms with Crippen LogP contribution >= 0.6 is 0 Å². The number of carbonyl (C=O) groups is 2. The Morgan fingerprint density at radius 1 is 0.967 bits per heavy atom. The van der Waals surface area contributed by atoms with E-state index in [1.807, 2.05) is 11.6 Å². The standard InChI is InChI=1S/C22H19N3O4S/c1-16-8-11-18(12-9-16)30(28,29)25-22(27)24-20-7-3-2-6-19(20)21(26)13-10-17-5-4-14-23-15-17/h2-15H,1H3,(H2,24,25,27)/b13-10+. The number of aromatic nitrogens is 1. The number of sulfonamides is 1. The molecule has 2 amide bonds. The van der Waals surface area contributed by atoms with Crippen molar-refractivity contribution in [2.45, 2.75) is 11.8 Å². The van der Waals surface area contributed by atoms with E-state index in [4.69, 9.17) is 0 Å². The van der Waals surface area contributed by atoms with Gasteiger partial charge in [0.1, 0.15) is 0 Å². The largest absolute Gasteiger partial charge is 0.333 e. The molecule has 0 bridgehead atoms. The van der Waals surface area contributed by atoms with Gasteiger partial charge in [0.25, 0.3) is 10.0 Å². The lowest BCUT2D eigenvalue weighted by Crippen LogP contribution is -2.34. The van der Waals surface area contributed by atoms with Crippen LogP contribution in [-0.2, 0) is 10.0 Å². The van der Waals surface area contributed by atoms with Crippen molar-refractivity contribution in [2.75, 3.05) is 5.32 Å². The van der Waals surface area contributed by atoms with E-state index in [-0.39, 0.29) is 21.9 Å². The first-order valence-electron chi connectivity index (χ1n) is 8.97. The van der Waals surface area contributed by atoms with E-state index in [0.717, 1.165) is 11.1 Å². The minimum Gasteiger partial charge on any atom is -0.306 e. The number of anilines is 1. The Bertz CT molecular complexity index is 1190. The molecule has 0 saturated carbocycles.